The molecule has 0 aromatic heterocycles. The number of rotatable bonds is 8. The topological polar surface area (TPSA) is 98.3 Å². The van der Waals surface area contributed by atoms with Crippen molar-refractivity contribution in [1.82, 2.24) is 18.4 Å². The van der Waals surface area contributed by atoms with E-state index >= 15 is 0 Å². The van der Waals surface area contributed by atoms with Gasteiger partial charge in [0.25, 0.3) is 0 Å². The SMILES string of the molecule is CCC[C@H]1C(=O)N(S(C)(=O)=O)C2=CCN(S(=O)(=O)CCCN3CCN(C)CC3)[C@@H]21. The number of carbonyl (C=O) groups is 1. The van der Waals surface area contributed by atoms with Crippen LogP contribution in [0.4, 0.5) is 0 Å². The van der Waals surface area contributed by atoms with Gasteiger partial charge in [0.15, 0.2) is 0 Å². The van der Waals surface area contributed by atoms with E-state index < -0.39 is 37.9 Å². The second-order valence-corrected chi connectivity index (χ2v) is 12.1. The summed E-state index contributed by atoms with van der Waals surface area (Å²) in [6, 6.07) is -0.703. The van der Waals surface area contributed by atoms with Crippen molar-refractivity contribution in [3.05, 3.63) is 11.8 Å². The molecule has 166 valence electrons. The van der Waals surface area contributed by atoms with Gasteiger partial charge in [0.2, 0.25) is 26.0 Å². The third-order valence-corrected chi connectivity index (χ3v) is 8.94. The smallest absolute Gasteiger partial charge is 0.245 e. The minimum absolute atomic E-state index is 0.00285. The van der Waals surface area contributed by atoms with Gasteiger partial charge in [-0.3, -0.25) is 4.79 Å². The molecule has 0 aromatic rings. The molecule has 2 fully saturated rings. The lowest BCUT2D eigenvalue weighted by Gasteiger charge is -2.32. The highest BCUT2D eigenvalue weighted by Gasteiger charge is 2.54. The number of carbonyl (C=O) groups excluding carboxylic acids is 1. The molecule has 0 unspecified atom stereocenters. The van der Waals surface area contributed by atoms with Crippen molar-refractivity contribution in [3.63, 3.8) is 0 Å². The molecule has 29 heavy (non-hydrogen) atoms. The number of likely N-dealkylation sites (N-methyl/N-ethyl adjacent to an activating group) is 1. The average Bonchev–Trinajstić information content (AvgIpc) is 3.15. The first-order valence-electron chi connectivity index (χ1n) is 10.2. The number of piperazine rings is 1. The summed E-state index contributed by atoms with van der Waals surface area (Å²) >= 11 is 0. The second-order valence-electron chi connectivity index (χ2n) is 8.22. The van der Waals surface area contributed by atoms with Crippen LogP contribution in [0.15, 0.2) is 11.8 Å². The van der Waals surface area contributed by atoms with Crippen LogP contribution in [0.5, 0.6) is 0 Å². The van der Waals surface area contributed by atoms with Crippen molar-refractivity contribution < 1.29 is 21.6 Å². The van der Waals surface area contributed by atoms with Crippen molar-refractivity contribution in [2.45, 2.75) is 32.2 Å². The van der Waals surface area contributed by atoms with E-state index in [0.29, 0.717) is 25.0 Å². The Kier molecular flexibility index (Phi) is 6.74. The maximum Gasteiger partial charge on any atom is 0.245 e. The quantitative estimate of drug-likeness (QED) is 0.505. The highest BCUT2D eigenvalue weighted by atomic mass is 32.2. The van der Waals surface area contributed by atoms with Crippen LogP contribution >= 0.6 is 0 Å². The van der Waals surface area contributed by atoms with Crippen LogP contribution in [0.1, 0.15) is 26.2 Å². The molecular formula is C18H32N4O5S2. The predicted octanol–water partition coefficient (Wildman–Crippen LogP) is -0.260. The van der Waals surface area contributed by atoms with E-state index in [0.717, 1.165) is 43.3 Å². The lowest BCUT2D eigenvalue weighted by atomic mass is 9.97. The number of fused-ring (bicyclic) bond motifs is 1. The molecule has 3 aliphatic heterocycles. The van der Waals surface area contributed by atoms with Gasteiger partial charge in [0.05, 0.1) is 29.7 Å². The van der Waals surface area contributed by atoms with Gasteiger partial charge in [-0.15, -0.1) is 0 Å². The Morgan fingerprint density at radius 2 is 1.76 bits per heavy atom. The first-order valence-corrected chi connectivity index (χ1v) is 13.7. The fraction of sp³-hybridized carbons (Fsp3) is 0.833. The van der Waals surface area contributed by atoms with Gasteiger partial charge in [0, 0.05) is 32.7 Å². The molecule has 0 saturated carbocycles. The monoisotopic (exact) mass is 448 g/mol. The van der Waals surface area contributed by atoms with Crippen LogP contribution in [0, 0.1) is 5.92 Å². The Labute approximate surface area is 174 Å². The Morgan fingerprint density at radius 3 is 2.34 bits per heavy atom. The lowest BCUT2D eigenvalue weighted by molar-refractivity contribution is -0.127. The standard InChI is InChI=1S/C18H32N4O5S2/c1-4-6-15-17-16(22(18(15)23)28(3,24)25)7-9-21(17)29(26,27)14-5-8-20-12-10-19(2)11-13-20/h7,15,17H,4-6,8-14H2,1-3H3/t15-,17-/m1/s1. The van der Waals surface area contributed by atoms with E-state index in [-0.39, 0.29) is 12.3 Å². The van der Waals surface area contributed by atoms with Gasteiger partial charge in [-0.25, -0.2) is 21.1 Å². The van der Waals surface area contributed by atoms with E-state index in [1.54, 1.807) is 6.08 Å². The van der Waals surface area contributed by atoms with E-state index in [9.17, 15) is 21.6 Å². The largest absolute Gasteiger partial charge is 0.304 e. The number of sulfonamides is 2. The number of nitrogens with zero attached hydrogens (tertiary/aromatic N) is 4. The van der Waals surface area contributed by atoms with Crippen LogP contribution in [0.2, 0.25) is 0 Å². The molecule has 0 bridgehead atoms. The van der Waals surface area contributed by atoms with Crippen LogP contribution in [-0.2, 0) is 24.8 Å². The molecule has 0 N–H and O–H groups in total. The molecular weight excluding hydrogens is 416 g/mol. The highest BCUT2D eigenvalue weighted by Crippen LogP contribution is 2.41. The minimum atomic E-state index is -3.78. The second kappa shape index (κ2) is 8.62. The fourth-order valence-corrected chi connectivity index (χ4v) is 7.14. The lowest BCUT2D eigenvalue weighted by Crippen LogP contribution is -2.45. The molecule has 0 radical (unpaired) electrons. The van der Waals surface area contributed by atoms with Gasteiger partial charge in [-0.2, -0.15) is 4.31 Å². The van der Waals surface area contributed by atoms with Crippen molar-refractivity contribution in [1.29, 1.82) is 0 Å². The first-order chi connectivity index (χ1) is 13.6. The molecule has 9 nitrogen and oxygen atoms in total. The Hall–Kier alpha value is -1.01. The highest BCUT2D eigenvalue weighted by molar-refractivity contribution is 7.89. The van der Waals surface area contributed by atoms with Crippen molar-refractivity contribution in [2.24, 2.45) is 5.92 Å². The fourth-order valence-electron chi connectivity index (χ4n) is 4.48. The zero-order valence-corrected chi connectivity index (χ0v) is 19.1. The van der Waals surface area contributed by atoms with Gasteiger partial charge < -0.3 is 9.80 Å². The van der Waals surface area contributed by atoms with Crippen molar-refractivity contribution >= 4 is 26.0 Å². The molecule has 3 rings (SSSR count). The van der Waals surface area contributed by atoms with E-state index in [1.165, 1.54) is 4.31 Å². The summed E-state index contributed by atoms with van der Waals surface area (Å²) in [6.45, 7) is 6.58. The number of hydrogen-bond acceptors (Lipinski definition) is 7. The summed E-state index contributed by atoms with van der Waals surface area (Å²) in [5.41, 5.74) is 0.304. The maximum atomic E-state index is 13.1. The molecule has 0 spiro atoms. The predicted molar refractivity (Wildman–Crippen MR) is 111 cm³/mol. The van der Waals surface area contributed by atoms with Gasteiger partial charge in [-0.05, 0) is 32.5 Å². The summed E-state index contributed by atoms with van der Waals surface area (Å²) in [5, 5.41) is 0. The Bertz CT molecular complexity index is 863. The van der Waals surface area contributed by atoms with E-state index in [1.807, 2.05) is 6.92 Å². The van der Waals surface area contributed by atoms with Gasteiger partial charge >= 0.3 is 0 Å². The third kappa shape index (κ3) is 4.68. The average molecular weight is 449 g/mol. The minimum Gasteiger partial charge on any atom is -0.304 e. The number of amides is 1. The zero-order valence-electron chi connectivity index (χ0n) is 17.4. The van der Waals surface area contributed by atoms with Crippen LogP contribution in [0.3, 0.4) is 0 Å². The molecule has 3 heterocycles. The Morgan fingerprint density at radius 1 is 1.10 bits per heavy atom. The van der Waals surface area contributed by atoms with E-state index in [4.69, 9.17) is 0 Å². The third-order valence-electron chi connectivity index (χ3n) is 5.99. The summed E-state index contributed by atoms with van der Waals surface area (Å²) in [5.74, 6) is -1.15. The number of hydrogen-bond donors (Lipinski definition) is 0. The molecule has 2 saturated heterocycles. The van der Waals surface area contributed by atoms with Gasteiger partial charge in [0.1, 0.15) is 0 Å². The molecule has 3 aliphatic rings. The molecule has 11 heteroatoms. The normalized spacial score (nSPS) is 27.5. The van der Waals surface area contributed by atoms with Gasteiger partial charge in [-0.1, -0.05) is 13.3 Å². The molecule has 0 aliphatic carbocycles. The molecule has 0 aromatic carbocycles. The summed E-state index contributed by atoms with van der Waals surface area (Å²) in [7, 11) is -5.30. The summed E-state index contributed by atoms with van der Waals surface area (Å²) < 4.78 is 52.6. The van der Waals surface area contributed by atoms with E-state index in [2.05, 4.69) is 16.8 Å². The molecule has 2 atom stereocenters. The first kappa shape index (κ1) is 22.7. The zero-order chi connectivity index (χ0) is 21.4. The van der Waals surface area contributed by atoms with Crippen LogP contribution in [-0.4, -0.2) is 106 Å². The van der Waals surface area contributed by atoms with Crippen molar-refractivity contribution in [3.8, 4) is 0 Å². The maximum absolute atomic E-state index is 13.1. The summed E-state index contributed by atoms with van der Waals surface area (Å²) in [6.07, 6.45) is 4.23. The summed E-state index contributed by atoms with van der Waals surface area (Å²) in [4.78, 5) is 17.3. The van der Waals surface area contributed by atoms with Crippen molar-refractivity contribution in [2.75, 3.05) is 58.3 Å². The molecule has 1 amide bonds. The van der Waals surface area contributed by atoms with Crippen LogP contribution < -0.4 is 0 Å². The Balaban J connectivity index is 1.69. The van der Waals surface area contributed by atoms with Crippen LogP contribution in [0.25, 0.3) is 0 Å².